The minimum atomic E-state index is -0.440. The highest BCUT2D eigenvalue weighted by Crippen LogP contribution is 2.29. The first-order valence-corrected chi connectivity index (χ1v) is 9.43. The monoisotopic (exact) mass is 409 g/mol. The van der Waals surface area contributed by atoms with Crippen LogP contribution in [0, 0.1) is 12.7 Å². The number of carbonyl (C=O) groups is 1. The second-order valence-corrected chi connectivity index (χ2v) is 6.95. The van der Waals surface area contributed by atoms with Crippen LogP contribution >= 0.6 is 11.6 Å². The van der Waals surface area contributed by atoms with Crippen molar-refractivity contribution in [3.05, 3.63) is 76.5 Å². The molecule has 0 atom stereocenters. The van der Waals surface area contributed by atoms with E-state index in [1.165, 1.54) is 24.3 Å². The molecule has 0 bridgehead atoms. The fourth-order valence-corrected chi connectivity index (χ4v) is 3.27. The summed E-state index contributed by atoms with van der Waals surface area (Å²) in [6.45, 7) is 3.77. The van der Waals surface area contributed by atoms with Crippen molar-refractivity contribution < 1.29 is 9.18 Å². The topological polar surface area (TPSA) is 72.2 Å². The summed E-state index contributed by atoms with van der Waals surface area (Å²) >= 11 is 6.01. The first kappa shape index (κ1) is 19.0. The lowest BCUT2D eigenvalue weighted by molar-refractivity contribution is 0.102. The van der Waals surface area contributed by atoms with Gasteiger partial charge in [0.15, 0.2) is 11.3 Å². The van der Waals surface area contributed by atoms with E-state index in [1.807, 2.05) is 31.2 Å². The minimum absolute atomic E-state index is 0.148. The van der Waals surface area contributed by atoms with Crippen molar-refractivity contribution in [1.29, 1.82) is 0 Å². The van der Waals surface area contributed by atoms with Crippen LogP contribution in [0.2, 0.25) is 5.02 Å². The van der Waals surface area contributed by atoms with E-state index >= 15 is 0 Å². The van der Waals surface area contributed by atoms with Crippen LogP contribution in [0.1, 0.15) is 28.8 Å². The Morgan fingerprint density at radius 2 is 1.79 bits per heavy atom. The highest BCUT2D eigenvalue weighted by molar-refractivity contribution is 6.30. The summed E-state index contributed by atoms with van der Waals surface area (Å²) in [5, 5.41) is 16.4. The lowest BCUT2D eigenvalue weighted by Crippen LogP contribution is -2.18. The van der Waals surface area contributed by atoms with Gasteiger partial charge in [-0.2, -0.15) is 5.10 Å². The van der Waals surface area contributed by atoms with Crippen molar-refractivity contribution in [3.63, 3.8) is 0 Å². The molecule has 0 radical (unpaired) electrons. The van der Waals surface area contributed by atoms with Crippen molar-refractivity contribution in [2.75, 3.05) is 5.32 Å². The number of anilines is 1. The van der Waals surface area contributed by atoms with E-state index in [2.05, 4.69) is 20.6 Å². The third-order valence-electron chi connectivity index (χ3n) is 4.62. The summed E-state index contributed by atoms with van der Waals surface area (Å²) in [7, 11) is 0. The molecule has 146 valence electrons. The van der Waals surface area contributed by atoms with Crippen LogP contribution in [0.15, 0.2) is 48.5 Å². The molecule has 2 aromatic heterocycles. The van der Waals surface area contributed by atoms with E-state index in [0.29, 0.717) is 28.5 Å². The number of hydrogen-bond donors (Lipinski definition) is 1. The molecule has 0 saturated carbocycles. The molecule has 8 heteroatoms. The predicted molar refractivity (Wildman–Crippen MR) is 110 cm³/mol. The summed E-state index contributed by atoms with van der Waals surface area (Å²) in [5.41, 5.74) is 4.39. The maximum atomic E-state index is 13.1. The number of fused-ring (bicyclic) bond motifs is 1. The Balaban J connectivity index is 1.77. The van der Waals surface area contributed by atoms with Gasteiger partial charge in [0.2, 0.25) is 0 Å². The molecule has 1 N–H and O–H groups in total. The third-order valence-corrected chi connectivity index (χ3v) is 4.88. The number of halogens is 2. The van der Waals surface area contributed by atoms with Crippen molar-refractivity contribution in [3.8, 4) is 11.1 Å². The van der Waals surface area contributed by atoms with Gasteiger partial charge < -0.3 is 5.32 Å². The molecule has 0 unspecified atom stereocenters. The van der Waals surface area contributed by atoms with Crippen molar-refractivity contribution in [2.45, 2.75) is 20.3 Å². The molecule has 0 spiro atoms. The molecule has 2 aromatic carbocycles. The lowest BCUT2D eigenvalue weighted by Gasteiger charge is -2.08. The van der Waals surface area contributed by atoms with E-state index in [4.69, 9.17) is 11.6 Å². The van der Waals surface area contributed by atoms with E-state index in [-0.39, 0.29) is 11.5 Å². The smallest absolute Gasteiger partial charge is 0.278 e. The molecule has 1 amide bonds. The minimum Gasteiger partial charge on any atom is -0.321 e. The number of aryl methyl sites for hydroxylation is 2. The SMILES string of the molecule is CCc1nn2c(C)c(C(=O)Nc3ccc(F)cc3)nnc2c1-c1ccc(Cl)cc1. The van der Waals surface area contributed by atoms with E-state index < -0.39 is 5.91 Å². The Morgan fingerprint density at radius 3 is 2.45 bits per heavy atom. The Kier molecular flexibility index (Phi) is 4.98. The maximum absolute atomic E-state index is 13.1. The van der Waals surface area contributed by atoms with Crippen molar-refractivity contribution in [1.82, 2.24) is 19.8 Å². The Hall–Kier alpha value is -3.32. The summed E-state index contributed by atoms with van der Waals surface area (Å²) < 4.78 is 14.7. The number of amides is 1. The average molecular weight is 410 g/mol. The first-order chi connectivity index (χ1) is 14.0. The number of nitrogens with one attached hydrogen (secondary N) is 1. The Morgan fingerprint density at radius 1 is 1.10 bits per heavy atom. The van der Waals surface area contributed by atoms with Gasteiger partial charge >= 0.3 is 0 Å². The molecular weight excluding hydrogens is 393 g/mol. The summed E-state index contributed by atoms with van der Waals surface area (Å²) in [6, 6.07) is 12.9. The lowest BCUT2D eigenvalue weighted by atomic mass is 10.0. The predicted octanol–water partition coefficient (Wildman–Crippen LogP) is 4.71. The number of carbonyl (C=O) groups excluding carboxylic acids is 1. The zero-order valence-electron chi connectivity index (χ0n) is 15.8. The summed E-state index contributed by atoms with van der Waals surface area (Å²) in [6.07, 6.45) is 0.692. The fraction of sp³-hybridized carbons (Fsp3) is 0.143. The molecule has 0 fully saturated rings. The Bertz CT molecular complexity index is 1200. The van der Waals surface area contributed by atoms with Gasteiger partial charge in [-0.3, -0.25) is 4.79 Å². The molecular formula is C21H17ClFN5O. The zero-order valence-corrected chi connectivity index (χ0v) is 16.5. The van der Waals surface area contributed by atoms with Gasteiger partial charge in [-0.05, 0) is 55.3 Å². The molecule has 0 saturated heterocycles. The van der Waals surface area contributed by atoms with Gasteiger partial charge in [-0.25, -0.2) is 8.91 Å². The van der Waals surface area contributed by atoms with Crippen molar-refractivity contribution >= 4 is 28.8 Å². The number of nitrogens with zero attached hydrogens (tertiary/aromatic N) is 4. The van der Waals surface area contributed by atoms with Gasteiger partial charge in [-0.15, -0.1) is 10.2 Å². The maximum Gasteiger partial charge on any atom is 0.278 e. The number of aromatic nitrogens is 4. The van der Waals surface area contributed by atoms with Crippen LogP contribution < -0.4 is 5.32 Å². The number of rotatable bonds is 4. The highest BCUT2D eigenvalue weighted by atomic mass is 35.5. The van der Waals surface area contributed by atoms with Gasteiger partial charge in [0.25, 0.3) is 5.91 Å². The standard InChI is InChI=1S/C21H17ClFN5O/c1-3-17-18(13-4-6-14(22)7-5-13)20-26-25-19(12(2)28(20)27-17)21(29)24-16-10-8-15(23)9-11-16/h4-11H,3H2,1-2H3,(H,24,29). The molecule has 6 nitrogen and oxygen atoms in total. The average Bonchev–Trinajstić information content (AvgIpc) is 3.10. The van der Waals surface area contributed by atoms with Gasteiger partial charge in [0.1, 0.15) is 5.82 Å². The first-order valence-electron chi connectivity index (χ1n) is 9.05. The molecule has 0 aliphatic rings. The van der Waals surface area contributed by atoms with Gasteiger partial charge in [0, 0.05) is 10.7 Å². The quantitative estimate of drug-likeness (QED) is 0.530. The van der Waals surface area contributed by atoms with Crippen LogP contribution in [0.5, 0.6) is 0 Å². The molecule has 29 heavy (non-hydrogen) atoms. The molecule has 2 heterocycles. The van der Waals surface area contributed by atoms with E-state index in [1.54, 1.807) is 11.4 Å². The van der Waals surface area contributed by atoms with E-state index in [0.717, 1.165) is 16.8 Å². The Labute approximate surface area is 171 Å². The largest absolute Gasteiger partial charge is 0.321 e. The molecule has 0 aliphatic carbocycles. The van der Waals surface area contributed by atoms with Gasteiger partial charge in [0.05, 0.1) is 17.0 Å². The van der Waals surface area contributed by atoms with Crippen LogP contribution in [0.4, 0.5) is 10.1 Å². The normalized spacial score (nSPS) is 11.0. The summed E-state index contributed by atoms with van der Waals surface area (Å²) in [5.74, 6) is -0.816. The van der Waals surface area contributed by atoms with Crippen LogP contribution in [-0.4, -0.2) is 25.7 Å². The third kappa shape index (κ3) is 3.56. The second kappa shape index (κ2) is 7.60. The number of hydrogen-bond acceptors (Lipinski definition) is 4. The van der Waals surface area contributed by atoms with Crippen LogP contribution in [0.25, 0.3) is 16.8 Å². The highest BCUT2D eigenvalue weighted by Gasteiger charge is 2.21. The fourth-order valence-electron chi connectivity index (χ4n) is 3.14. The van der Waals surface area contributed by atoms with Crippen LogP contribution in [-0.2, 0) is 6.42 Å². The second-order valence-electron chi connectivity index (χ2n) is 6.51. The summed E-state index contributed by atoms with van der Waals surface area (Å²) in [4.78, 5) is 12.7. The molecule has 4 rings (SSSR count). The molecule has 0 aliphatic heterocycles. The zero-order chi connectivity index (χ0) is 20.5. The van der Waals surface area contributed by atoms with E-state index in [9.17, 15) is 9.18 Å². The molecule has 4 aromatic rings. The van der Waals surface area contributed by atoms with Crippen LogP contribution in [0.3, 0.4) is 0 Å². The van der Waals surface area contributed by atoms with Crippen molar-refractivity contribution in [2.24, 2.45) is 0 Å². The van der Waals surface area contributed by atoms with Gasteiger partial charge in [-0.1, -0.05) is 30.7 Å². The number of benzene rings is 2.